The van der Waals surface area contributed by atoms with Crippen molar-refractivity contribution in [2.45, 2.75) is 19.9 Å². The molecule has 2 aromatic rings. The van der Waals surface area contributed by atoms with Gasteiger partial charge in [-0.2, -0.15) is 4.98 Å². The maximum absolute atomic E-state index is 13.9. The van der Waals surface area contributed by atoms with E-state index in [4.69, 9.17) is 0 Å². The van der Waals surface area contributed by atoms with E-state index in [-0.39, 0.29) is 11.9 Å². The highest BCUT2D eigenvalue weighted by Gasteiger charge is 2.19. The first-order valence-electron chi connectivity index (χ1n) is 6.78. The number of hydrogen-bond acceptors (Lipinski definition) is 4. The number of hydrogen-bond donors (Lipinski definition) is 1. The molecule has 0 spiro atoms. The molecule has 0 aliphatic carbocycles. The Morgan fingerprint density at radius 1 is 1.38 bits per heavy atom. The summed E-state index contributed by atoms with van der Waals surface area (Å²) in [5.41, 5.74) is 0.635. The smallest absolute Gasteiger partial charge is 0.224 e. The third kappa shape index (κ3) is 3.50. The summed E-state index contributed by atoms with van der Waals surface area (Å²) in [7, 11) is 1.89. The summed E-state index contributed by atoms with van der Waals surface area (Å²) in [6.07, 6.45) is 1.70. The van der Waals surface area contributed by atoms with Gasteiger partial charge < -0.3 is 10.2 Å². The Morgan fingerprint density at radius 3 is 2.76 bits per heavy atom. The third-order valence-electron chi connectivity index (χ3n) is 3.33. The summed E-state index contributed by atoms with van der Waals surface area (Å²) in [4.78, 5) is 10.6. The Kier molecular flexibility index (Phi) is 5.12. The number of rotatable bonds is 5. The molecule has 1 heterocycles. The van der Waals surface area contributed by atoms with Gasteiger partial charge in [-0.3, -0.25) is 0 Å². The summed E-state index contributed by atoms with van der Waals surface area (Å²) in [6.45, 7) is 4.67. The lowest BCUT2D eigenvalue weighted by molar-refractivity contribution is 0.584. The Balaban J connectivity index is 2.33. The van der Waals surface area contributed by atoms with Gasteiger partial charge in [-0.05, 0) is 35.8 Å². The molecular formula is C15H18BrFN4. The van der Waals surface area contributed by atoms with E-state index in [1.807, 2.05) is 31.9 Å². The van der Waals surface area contributed by atoms with Crippen molar-refractivity contribution in [3.8, 4) is 0 Å². The van der Waals surface area contributed by atoms with Gasteiger partial charge in [0, 0.05) is 25.4 Å². The molecule has 0 bridgehead atoms. The van der Waals surface area contributed by atoms with Crippen molar-refractivity contribution < 1.29 is 4.39 Å². The Morgan fingerprint density at radius 2 is 2.10 bits per heavy atom. The number of nitrogens with zero attached hydrogens (tertiary/aromatic N) is 3. The number of aromatic nitrogens is 2. The molecule has 2 rings (SSSR count). The highest BCUT2D eigenvalue weighted by molar-refractivity contribution is 9.10. The summed E-state index contributed by atoms with van der Waals surface area (Å²) in [6, 6.07) is 6.64. The largest absolute Gasteiger partial charge is 0.354 e. The topological polar surface area (TPSA) is 41.1 Å². The molecule has 0 aliphatic heterocycles. The van der Waals surface area contributed by atoms with Gasteiger partial charge in [0.05, 0.1) is 10.5 Å². The predicted molar refractivity (Wildman–Crippen MR) is 87.1 cm³/mol. The fraction of sp³-hybridized carbons (Fsp3) is 0.333. The van der Waals surface area contributed by atoms with Gasteiger partial charge in [0.15, 0.2) is 0 Å². The fourth-order valence-electron chi connectivity index (χ4n) is 2.05. The minimum Gasteiger partial charge on any atom is -0.354 e. The van der Waals surface area contributed by atoms with E-state index in [0.29, 0.717) is 11.5 Å². The molecule has 1 N–H and O–H groups in total. The van der Waals surface area contributed by atoms with Crippen molar-refractivity contribution in [3.05, 3.63) is 46.3 Å². The van der Waals surface area contributed by atoms with Gasteiger partial charge in [-0.1, -0.05) is 18.2 Å². The SMILES string of the molecule is CCNc1ncc(Br)c(N(C)C(C)c2ccccc2F)n1. The predicted octanol–water partition coefficient (Wildman–Crippen LogP) is 4.01. The summed E-state index contributed by atoms with van der Waals surface area (Å²) in [5, 5.41) is 3.08. The number of halogens is 2. The van der Waals surface area contributed by atoms with E-state index in [0.717, 1.165) is 16.8 Å². The number of benzene rings is 1. The zero-order valence-corrected chi connectivity index (χ0v) is 13.9. The molecule has 0 fully saturated rings. The van der Waals surface area contributed by atoms with Gasteiger partial charge in [0.25, 0.3) is 0 Å². The molecule has 112 valence electrons. The van der Waals surface area contributed by atoms with Crippen LogP contribution >= 0.6 is 15.9 Å². The first-order valence-corrected chi connectivity index (χ1v) is 7.57. The molecule has 6 heteroatoms. The van der Waals surface area contributed by atoms with Crippen molar-refractivity contribution in [3.63, 3.8) is 0 Å². The van der Waals surface area contributed by atoms with E-state index >= 15 is 0 Å². The summed E-state index contributed by atoms with van der Waals surface area (Å²) >= 11 is 3.45. The van der Waals surface area contributed by atoms with Crippen LogP contribution < -0.4 is 10.2 Å². The zero-order valence-electron chi connectivity index (χ0n) is 12.3. The van der Waals surface area contributed by atoms with Crippen molar-refractivity contribution in [1.29, 1.82) is 0 Å². The molecule has 1 unspecified atom stereocenters. The Bertz CT molecular complexity index is 620. The maximum Gasteiger partial charge on any atom is 0.224 e. The van der Waals surface area contributed by atoms with Crippen molar-refractivity contribution in [2.75, 3.05) is 23.8 Å². The van der Waals surface area contributed by atoms with Crippen LogP contribution in [0.5, 0.6) is 0 Å². The molecule has 0 saturated carbocycles. The molecule has 1 aromatic heterocycles. The Labute approximate surface area is 132 Å². The number of nitrogens with one attached hydrogen (secondary N) is 1. The average Bonchev–Trinajstić information content (AvgIpc) is 2.48. The zero-order chi connectivity index (χ0) is 15.4. The quantitative estimate of drug-likeness (QED) is 0.882. The van der Waals surface area contributed by atoms with Crippen LogP contribution in [0.3, 0.4) is 0 Å². The normalized spacial score (nSPS) is 12.0. The second-order valence-electron chi connectivity index (χ2n) is 4.70. The lowest BCUT2D eigenvalue weighted by Gasteiger charge is -2.27. The van der Waals surface area contributed by atoms with E-state index in [1.165, 1.54) is 6.07 Å². The molecule has 0 saturated heterocycles. The van der Waals surface area contributed by atoms with Crippen LogP contribution in [0.4, 0.5) is 16.2 Å². The van der Waals surface area contributed by atoms with Crippen LogP contribution in [0.15, 0.2) is 34.9 Å². The lowest BCUT2D eigenvalue weighted by atomic mass is 10.1. The second kappa shape index (κ2) is 6.85. The molecule has 1 atom stereocenters. The minimum atomic E-state index is -0.214. The van der Waals surface area contributed by atoms with E-state index in [2.05, 4.69) is 31.2 Å². The van der Waals surface area contributed by atoms with Crippen LogP contribution in [-0.2, 0) is 0 Å². The molecule has 0 aliphatic rings. The van der Waals surface area contributed by atoms with Crippen LogP contribution in [0.1, 0.15) is 25.5 Å². The molecule has 4 nitrogen and oxygen atoms in total. The molecular weight excluding hydrogens is 335 g/mol. The average molecular weight is 353 g/mol. The lowest BCUT2D eigenvalue weighted by Crippen LogP contribution is -2.24. The van der Waals surface area contributed by atoms with Crippen LogP contribution in [0.25, 0.3) is 0 Å². The van der Waals surface area contributed by atoms with E-state index < -0.39 is 0 Å². The van der Waals surface area contributed by atoms with Gasteiger partial charge >= 0.3 is 0 Å². The summed E-state index contributed by atoms with van der Waals surface area (Å²) < 4.78 is 14.7. The third-order valence-corrected chi connectivity index (χ3v) is 3.89. The number of anilines is 2. The fourth-order valence-corrected chi connectivity index (χ4v) is 2.53. The highest BCUT2D eigenvalue weighted by atomic mass is 79.9. The standard InChI is InChI=1S/C15H18BrFN4/c1-4-18-15-19-9-12(16)14(20-15)21(3)10(2)11-7-5-6-8-13(11)17/h5-10H,4H2,1-3H3,(H,18,19,20). The summed E-state index contributed by atoms with van der Waals surface area (Å²) in [5.74, 6) is 1.06. The second-order valence-corrected chi connectivity index (χ2v) is 5.56. The first-order chi connectivity index (χ1) is 10.0. The first kappa shape index (κ1) is 15.7. The maximum atomic E-state index is 13.9. The van der Waals surface area contributed by atoms with Crippen LogP contribution in [0, 0.1) is 5.82 Å². The van der Waals surface area contributed by atoms with E-state index in [9.17, 15) is 4.39 Å². The monoisotopic (exact) mass is 352 g/mol. The van der Waals surface area contributed by atoms with E-state index in [1.54, 1.807) is 18.3 Å². The van der Waals surface area contributed by atoms with Gasteiger partial charge in [-0.25, -0.2) is 9.37 Å². The van der Waals surface area contributed by atoms with Crippen molar-refractivity contribution in [1.82, 2.24) is 9.97 Å². The van der Waals surface area contributed by atoms with Crippen LogP contribution in [0.2, 0.25) is 0 Å². The molecule has 0 radical (unpaired) electrons. The minimum absolute atomic E-state index is 0.146. The molecule has 1 aromatic carbocycles. The van der Waals surface area contributed by atoms with Crippen LogP contribution in [-0.4, -0.2) is 23.6 Å². The Hall–Kier alpha value is -1.69. The highest BCUT2D eigenvalue weighted by Crippen LogP contribution is 2.30. The molecule has 0 amide bonds. The van der Waals surface area contributed by atoms with Gasteiger partial charge in [-0.15, -0.1) is 0 Å². The molecule has 21 heavy (non-hydrogen) atoms. The van der Waals surface area contributed by atoms with Gasteiger partial charge in [0.1, 0.15) is 11.6 Å². The van der Waals surface area contributed by atoms with Crippen molar-refractivity contribution in [2.24, 2.45) is 0 Å². The van der Waals surface area contributed by atoms with Gasteiger partial charge in [0.2, 0.25) is 5.95 Å². The van der Waals surface area contributed by atoms with Crippen molar-refractivity contribution >= 4 is 27.7 Å².